The van der Waals surface area contributed by atoms with E-state index in [0.717, 1.165) is 12.1 Å². The Morgan fingerprint density at radius 3 is 2.62 bits per heavy atom. The second-order valence-corrected chi connectivity index (χ2v) is 4.45. The van der Waals surface area contributed by atoms with Gasteiger partial charge in [-0.1, -0.05) is 6.07 Å². The molecule has 0 bridgehead atoms. The van der Waals surface area contributed by atoms with Crippen molar-refractivity contribution < 1.29 is 23.4 Å². The summed E-state index contributed by atoms with van der Waals surface area (Å²) in [6, 6.07) is 3.41. The standard InChI is InChI=1S/C14H20F2N2O3/c1-21-8-7-18-13(20)5-6-17-9-12(19)14-10(15)3-2-4-11(14)16/h2-4,12,17,19H,5-9H2,1H3,(H,18,20). The Morgan fingerprint density at radius 2 is 2.00 bits per heavy atom. The molecule has 0 saturated carbocycles. The number of carbonyl (C=O) groups excluding carboxylic acids is 1. The van der Waals surface area contributed by atoms with Gasteiger partial charge in [0.1, 0.15) is 11.6 Å². The van der Waals surface area contributed by atoms with Gasteiger partial charge in [-0.25, -0.2) is 8.78 Å². The Bertz CT molecular complexity index is 438. The van der Waals surface area contributed by atoms with E-state index in [2.05, 4.69) is 10.6 Å². The lowest BCUT2D eigenvalue weighted by atomic mass is 10.1. The average molecular weight is 302 g/mol. The Morgan fingerprint density at radius 1 is 1.33 bits per heavy atom. The largest absolute Gasteiger partial charge is 0.387 e. The van der Waals surface area contributed by atoms with E-state index in [4.69, 9.17) is 4.74 Å². The molecule has 1 atom stereocenters. The summed E-state index contributed by atoms with van der Waals surface area (Å²) in [4.78, 5) is 11.4. The summed E-state index contributed by atoms with van der Waals surface area (Å²) in [5.74, 6) is -1.74. The van der Waals surface area contributed by atoms with Crippen LogP contribution in [-0.4, -0.2) is 44.4 Å². The summed E-state index contributed by atoms with van der Waals surface area (Å²) in [6.45, 7) is 1.12. The number of amides is 1. The number of halogens is 2. The molecule has 0 heterocycles. The molecular formula is C14H20F2N2O3. The van der Waals surface area contributed by atoms with Crippen molar-refractivity contribution in [1.82, 2.24) is 10.6 Å². The van der Waals surface area contributed by atoms with Crippen LogP contribution in [0.5, 0.6) is 0 Å². The summed E-state index contributed by atoms with van der Waals surface area (Å²) in [5.41, 5.74) is -0.366. The van der Waals surface area contributed by atoms with Crippen LogP contribution in [-0.2, 0) is 9.53 Å². The van der Waals surface area contributed by atoms with Crippen LogP contribution in [0.15, 0.2) is 18.2 Å². The summed E-state index contributed by atoms with van der Waals surface area (Å²) in [7, 11) is 1.54. The Kier molecular flexibility index (Phi) is 7.81. The number of methoxy groups -OCH3 is 1. The topological polar surface area (TPSA) is 70.6 Å². The van der Waals surface area contributed by atoms with Gasteiger partial charge in [0.25, 0.3) is 0 Å². The van der Waals surface area contributed by atoms with Crippen molar-refractivity contribution in [3.8, 4) is 0 Å². The van der Waals surface area contributed by atoms with E-state index in [-0.39, 0.29) is 24.4 Å². The molecule has 0 saturated heterocycles. The first kappa shape index (κ1) is 17.5. The van der Waals surface area contributed by atoms with Crippen molar-refractivity contribution in [1.29, 1.82) is 0 Å². The number of benzene rings is 1. The Balaban J connectivity index is 2.28. The third-order valence-electron chi connectivity index (χ3n) is 2.83. The first-order valence-electron chi connectivity index (χ1n) is 6.64. The second kappa shape index (κ2) is 9.38. The van der Waals surface area contributed by atoms with Crippen molar-refractivity contribution in [2.45, 2.75) is 12.5 Å². The molecule has 1 aromatic rings. The van der Waals surface area contributed by atoms with Crippen molar-refractivity contribution in [3.05, 3.63) is 35.4 Å². The monoisotopic (exact) mass is 302 g/mol. The fourth-order valence-electron chi connectivity index (χ4n) is 1.75. The molecule has 118 valence electrons. The van der Waals surface area contributed by atoms with E-state index in [1.54, 1.807) is 0 Å². The summed E-state index contributed by atoms with van der Waals surface area (Å²) in [6.07, 6.45) is -1.10. The molecule has 0 spiro atoms. The number of ether oxygens (including phenoxy) is 1. The number of rotatable bonds is 9. The van der Waals surface area contributed by atoms with E-state index >= 15 is 0 Å². The van der Waals surface area contributed by atoms with E-state index in [1.165, 1.54) is 13.2 Å². The van der Waals surface area contributed by atoms with Crippen LogP contribution in [0.3, 0.4) is 0 Å². The lowest BCUT2D eigenvalue weighted by Gasteiger charge is -2.13. The van der Waals surface area contributed by atoms with E-state index in [0.29, 0.717) is 19.7 Å². The predicted octanol–water partition coefficient (Wildman–Crippen LogP) is 0.741. The Labute approximate surface area is 122 Å². The normalized spacial score (nSPS) is 12.2. The van der Waals surface area contributed by atoms with Gasteiger partial charge >= 0.3 is 0 Å². The molecule has 0 aliphatic rings. The summed E-state index contributed by atoms with van der Waals surface area (Å²) < 4.78 is 31.6. The zero-order chi connectivity index (χ0) is 15.7. The van der Waals surface area contributed by atoms with Gasteiger partial charge in [-0.05, 0) is 12.1 Å². The second-order valence-electron chi connectivity index (χ2n) is 4.45. The molecular weight excluding hydrogens is 282 g/mol. The van der Waals surface area contributed by atoms with Crippen molar-refractivity contribution in [2.24, 2.45) is 0 Å². The molecule has 1 rings (SSSR count). The molecule has 0 aromatic heterocycles. The third-order valence-corrected chi connectivity index (χ3v) is 2.83. The molecule has 1 unspecified atom stereocenters. The van der Waals surface area contributed by atoms with E-state index in [1.807, 2.05) is 0 Å². The molecule has 0 aliphatic carbocycles. The quantitative estimate of drug-likeness (QED) is 0.589. The van der Waals surface area contributed by atoms with Gasteiger partial charge in [0.2, 0.25) is 5.91 Å². The average Bonchev–Trinajstić information content (AvgIpc) is 2.44. The summed E-state index contributed by atoms with van der Waals surface area (Å²) >= 11 is 0. The number of aliphatic hydroxyl groups excluding tert-OH is 1. The highest BCUT2D eigenvalue weighted by Crippen LogP contribution is 2.19. The SMILES string of the molecule is COCCNC(=O)CCNCC(O)c1c(F)cccc1F. The molecule has 21 heavy (non-hydrogen) atoms. The highest BCUT2D eigenvalue weighted by Gasteiger charge is 2.17. The van der Waals surface area contributed by atoms with Gasteiger partial charge in [-0.15, -0.1) is 0 Å². The number of carbonyl (C=O) groups is 1. The smallest absolute Gasteiger partial charge is 0.221 e. The highest BCUT2D eigenvalue weighted by atomic mass is 19.1. The van der Waals surface area contributed by atoms with Crippen LogP contribution < -0.4 is 10.6 Å². The van der Waals surface area contributed by atoms with Gasteiger partial charge in [0, 0.05) is 33.2 Å². The molecule has 5 nitrogen and oxygen atoms in total. The minimum Gasteiger partial charge on any atom is -0.387 e. The van der Waals surface area contributed by atoms with Crippen LogP contribution >= 0.6 is 0 Å². The Hall–Kier alpha value is -1.57. The van der Waals surface area contributed by atoms with Crippen molar-refractivity contribution in [3.63, 3.8) is 0 Å². The maximum Gasteiger partial charge on any atom is 0.221 e. The first-order chi connectivity index (χ1) is 10.1. The lowest BCUT2D eigenvalue weighted by molar-refractivity contribution is -0.121. The van der Waals surface area contributed by atoms with Crippen LogP contribution in [0.1, 0.15) is 18.1 Å². The van der Waals surface area contributed by atoms with Crippen LogP contribution in [0, 0.1) is 11.6 Å². The molecule has 3 N–H and O–H groups in total. The number of hydrogen-bond acceptors (Lipinski definition) is 4. The van der Waals surface area contributed by atoms with Gasteiger partial charge in [0.15, 0.2) is 0 Å². The van der Waals surface area contributed by atoms with E-state index in [9.17, 15) is 18.7 Å². The van der Waals surface area contributed by atoms with Gasteiger partial charge in [0.05, 0.1) is 18.3 Å². The minimum absolute atomic E-state index is 0.0385. The van der Waals surface area contributed by atoms with Crippen LogP contribution in [0.4, 0.5) is 8.78 Å². The summed E-state index contributed by atoms with van der Waals surface area (Å²) in [5, 5.41) is 15.2. The first-order valence-corrected chi connectivity index (χ1v) is 6.64. The van der Waals surface area contributed by atoms with Crippen LogP contribution in [0.25, 0.3) is 0 Å². The van der Waals surface area contributed by atoms with Crippen molar-refractivity contribution >= 4 is 5.91 Å². The predicted molar refractivity (Wildman–Crippen MR) is 73.7 cm³/mol. The number of aliphatic hydroxyl groups is 1. The molecule has 0 fully saturated rings. The fourth-order valence-corrected chi connectivity index (χ4v) is 1.75. The van der Waals surface area contributed by atoms with Crippen LogP contribution in [0.2, 0.25) is 0 Å². The molecule has 0 radical (unpaired) electrons. The molecule has 1 aromatic carbocycles. The lowest BCUT2D eigenvalue weighted by Crippen LogP contribution is -2.31. The maximum absolute atomic E-state index is 13.4. The van der Waals surface area contributed by atoms with Gasteiger partial charge < -0.3 is 20.5 Å². The molecule has 0 aliphatic heterocycles. The number of nitrogens with one attached hydrogen (secondary N) is 2. The highest BCUT2D eigenvalue weighted by molar-refractivity contribution is 5.76. The van der Waals surface area contributed by atoms with Crippen molar-refractivity contribution in [2.75, 3.05) is 33.4 Å². The minimum atomic E-state index is -1.30. The third kappa shape index (κ3) is 6.16. The number of hydrogen-bond donors (Lipinski definition) is 3. The van der Waals surface area contributed by atoms with Gasteiger partial charge in [-0.3, -0.25) is 4.79 Å². The fraction of sp³-hybridized carbons (Fsp3) is 0.500. The maximum atomic E-state index is 13.4. The van der Waals surface area contributed by atoms with E-state index < -0.39 is 17.7 Å². The molecule has 7 heteroatoms. The molecule has 1 amide bonds. The zero-order valence-corrected chi connectivity index (χ0v) is 11.9. The van der Waals surface area contributed by atoms with Gasteiger partial charge in [-0.2, -0.15) is 0 Å². The zero-order valence-electron chi connectivity index (χ0n) is 11.9.